The van der Waals surface area contributed by atoms with Crippen LogP contribution in [-0.2, 0) is 9.59 Å². The molecule has 1 aliphatic heterocycles. The first-order chi connectivity index (χ1) is 23.1. The van der Waals surface area contributed by atoms with E-state index in [0.717, 1.165) is 25.9 Å². The first kappa shape index (κ1) is 43.9. The normalized spacial score (nSPS) is 16.2. The van der Waals surface area contributed by atoms with Crippen molar-refractivity contribution in [3.05, 3.63) is 0 Å². The number of nitrogens with zero attached hydrogens (tertiary/aromatic N) is 1. The van der Waals surface area contributed by atoms with Gasteiger partial charge in [0.25, 0.3) is 0 Å². The molecule has 5 nitrogen and oxygen atoms in total. The Labute approximate surface area is 293 Å². The summed E-state index contributed by atoms with van der Waals surface area (Å²) in [6, 6.07) is 0. The number of nitrogens with one attached hydrogen (secondary N) is 1. The lowest BCUT2D eigenvalue weighted by molar-refractivity contribution is -0.148. The second-order valence-corrected chi connectivity index (χ2v) is 15.1. The maximum atomic E-state index is 13.5. The quantitative estimate of drug-likeness (QED) is 0.0655. The van der Waals surface area contributed by atoms with Crippen LogP contribution in [0, 0.1) is 11.8 Å². The van der Waals surface area contributed by atoms with Crippen LogP contribution in [0.15, 0.2) is 0 Å². The fourth-order valence-corrected chi connectivity index (χ4v) is 7.47. The number of carboxylic acid groups (broad SMARTS) is 1. The van der Waals surface area contributed by atoms with Gasteiger partial charge in [-0.1, -0.05) is 206 Å². The molecule has 2 N–H and O–H groups in total. The van der Waals surface area contributed by atoms with Gasteiger partial charge in [-0.25, -0.2) is 0 Å². The van der Waals surface area contributed by atoms with E-state index in [0.29, 0.717) is 13.1 Å². The average Bonchev–Trinajstić information content (AvgIpc) is 3.57. The lowest BCUT2D eigenvalue weighted by Gasteiger charge is -2.27. The number of hydrogen-bond acceptors (Lipinski definition) is 3. The van der Waals surface area contributed by atoms with Gasteiger partial charge in [0.05, 0.1) is 11.8 Å². The molecule has 2 atom stereocenters. The number of rotatable bonds is 36. The molecular formula is C42H82N2O3. The molecule has 0 saturated carbocycles. The van der Waals surface area contributed by atoms with Crippen LogP contribution in [0.3, 0.4) is 0 Å². The zero-order valence-corrected chi connectivity index (χ0v) is 31.8. The highest BCUT2D eigenvalue weighted by Gasteiger charge is 2.39. The van der Waals surface area contributed by atoms with E-state index < -0.39 is 17.8 Å². The Kier molecular flexibility index (Phi) is 31.2. The van der Waals surface area contributed by atoms with Crippen molar-refractivity contribution in [2.24, 2.45) is 11.8 Å². The maximum Gasteiger partial charge on any atom is 0.308 e. The van der Waals surface area contributed by atoms with Crippen LogP contribution < -0.4 is 5.32 Å². The lowest BCUT2D eigenvalue weighted by atomic mass is 9.94. The Balaban J connectivity index is 2.14. The van der Waals surface area contributed by atoms with Crippen molar-refractivity contribution < 1.29 is 14.7 Å². The number of carbonyl (C=O) groups is 2. The van der Waals surface area contributed by atoms with Crippen LogP contribution in [0.1, 0.15) is 219 Å². The van der Waals surface area contributed by atoms with Crippen molar-refractivity contribution in [1.82, 2.24) is 10.2 Å². The minimum Gasteiger partial charge on any atom is -0.481 e. The molecule has 0 aromatic heterocycles. The van der Waals surface area contributed by atoms with Crippen LogP contribution in [0.4, 0.5) is 0 Å². The zero-order chi connectivity index (χ0) is 34.0. The Hall–Kier alpha value is -1.10. The average molecular weight is 663 g/mol. The van der Waals surface area contributed by atoms with Gasteiger partial charge in [0, 0.05) is 26.2 Å². The fourth-order valence-electron chi connectivity index (χ4n) is 7.47. The highest BCUT2D eigenvalue weighted by atomic mass is 16.4. The van der Waals surface area contributed by atoms with Gasteiger partial charge in [-0.3, -0.25) is 9.59 Å². The molecule has 0 aromatic carbocycles. The second kappa shape index (κ2) is 33.4. The van der Waals surface area contributed by atoms with Crippen molar-refractivity contribution in [1.29, 1.82) is 0 Å². The van der Waals surface area contributed by atoms with Gasteiger partial charge in [-0.05, 0) is 12.8 Å². The monoisotopic (exact) mass is 663 g/mol. The summed E-state index contributed by atoms with van der Waals surface area (Å²) in [5.41, 5.74) is 0. The van der Waals surface area contributed by atoms with Gasteiger partial charge in [-0.15, -0.1) is 0 Å². The number of unbranched alkanes of at least 4 members (excludes halogenated alkanes) is 30. The van der Waals surface area contributed by atoms with Crippen LogP contribution in [0.5, 0.6) is 0 Å². The van der Waals surface area contributed by atoms with Crippen molar-refractivity contribution >= 4 is 11.9 Å². The van der Waals surface area contributed by atoms with Crippen molar-refractivity contribution in [3.8, 4) is 0 Å². The summed E-state index contributed by atoms with van der Waals surface area (Å²) >= 11 is 0. The summed E-state index contributed by atoms with van der Waals surface area (Å²) in [4.78, 5) is 27.3. The van der Waals surface area contributed by atoms with E-state index in [2.05, 4.69) is 19.2 Å². The van der Waals surface area contributed by atoms with E-state index in [1.807, 2.05) is 4.90 Å². The zero-order valence-electron chi connectivity index (χ0n) is 31.8. The van der Waals surface area contributed by atoms with Gasteiger partial charge in [0.2, 0.25) is 5.91 Å². The Morgan fingerprint density at radius 1 is 0.447 bits per heavy atom. The van der Waals surface area contributed by atoms with Gasteiger partial charge in [0.1, 0.15) is 0 Å². The summed E-state index contributed by atoms with van der Waals surface area (Å²) in [5, 5.41) is 12.8. The number of aliphatic carboxylic acids is 1. The predicted molar refractivity (Wildman–Crippen MR) is 203 cm³/mol. The van der Waals surface area contributed by atoms with Crippen LogP contribution in [0.25, 0.3) is 0 Å². The molecule has 278 valence electrons. The minimum absolute atomic E-state index is 0.0734. The molecule has 1 amide bonds. The summed E-state index contributed by atoms with van der Waals surface area (Å²) in [6.45, 7) is 7.07. The van der Waals surface area contributed by atoms with Crippen LogP contribution >= 0.6 is 0 Å². The van der Waals surface area contributed by atoms with E-state index >= 15 is 0 Å². The molecule has 0 aliphatic carbocycles. The summed E-state index contributed by atoms with van der Waals surface area (Å²) in [6.07, 6.45) is 43.1. The third-order valence-electron chi connectivity index (χ3n) is 10.7. The van der Waals surface area contributed by atoms with Gasteiger partial charge < -0.3 is 15.3 Å². The first-order valence-corrected chi connectivity index (χ1v) is 21.3. The smallest absolute Gasteiger partial charge is 0.308 e. The Morgan fingerprint density at radius 2 is 0.702 bits per heavy atom. The largest absolute Gasteiger partial charge is 0.481 e. The number of carbonyl (C=O) groups excluding carboxylic acids is 1. The molecule has 0 spiro atoms. The molecule has 5 heteroatoms. The van der Waals surface area contributed by atoms with E-state index in [-0.39, 0.29) is 5.91 Å². The molecule has 1 heterocycles. The summed E-state index contributed by atoms with van der Waals surface area (Å²) in [7, 11) is 0. The van der Waals surface area contributed by atoms with Crippen LogP contribution in [-0.4, -0.2) is 48.1 Å². The molecule has 0 bridgehead atoms. The molecule has 2 unspecified atom stereocenters. The fraction of sp³-hybridized carbons (Fsp3) is 0.952. The topological polar surface area (TPSA) is 69.6 Å². The molecule has 1 fully saturated rings. The Bertz CT molecular complexity index is 663. The lowest BCUT2D eigenvalue weighted by Crippen LogP contribution is -2.42. The maximum absolute atomic E-state index is 13.5. The van der Waals surface area contributed by atoms with E-state index in [1.165, 1.54) is 193 Å². The van der Waals surface area contributed by atoms with E-state index in [9.17, 15) is 14.7 Å². The standard InChI is InChI=1S/C42H82N2O3/c1-3-5-7-9-11-13-15-17-19-21-23-25-27-29-31-33-35-44(41(45)39-37-43-38-40(39)42(46)47)36-34-32-30-28-26-24-22-20-18-16-14-12-10-8-6-4-2/h39-40,43H,3-38H2,1-2H3,(H,46,47). The second-order valence-electron chi connectivity index (χ2n) is 15.1. The number of hydrogen-bond donors (Lipinski definition) is 2. The highest BCUT2D eigenvalue weighted by molar-refractivity contribution is 5.85. The van der Waals surface area contributed by atoms with E-state index in [4.69, 9.17) is 0 Å². The van der Waals surface area contributed by atoms with E-state index in [1.54, 1.807) is 0 Å². The predicted octanol–water partition coefficient (Wildman–Crippen LogP) is 12.3. The van der Waals surface area contributed by atoms with Crippen LogP contribution in [0.2, 0.25) is 0 Å². The molecule has 0 radical (unpaired) electrons. The van der Waals surface area contributed by atoms with Gasteiger partial charge in [-0.2, -0.15) is 0 Å². The third kappa shape index (κ3) is 25.5. The highest BCUT2D eigenvalue weighted by Crippen LogP contribution is 2.22. The molecule has 47 heavy (non-hydrogen) atoms. The molecule has 1 aliphatic rings. The van der Waals surface area contributed by atoms with Crippen molar-refractivity contribution in [2.45, 2.75) is 219 Å². The number of amides is 1. The molecule has 1 saturated heterocycles. The molecule has 0 aromatic rings. The van der Waals surface area contributed by atoms with Crippen molar-refractivity contribution in [3.63, 3.8) is 0 Å². The summed E-state index contributed by atoms with van der Waals surface area (Å²) in [5.74, 6) is -1.75. The Morgan fingerprint density at radius 3 is 0.979 bits per heavy atom. The first-order valence-electron chi connectivity index (χ1n) is 21.3. The number of carboxylic acids is 1. The molecular weight excluding hydrogens is 580 g/mol. The minimum atomic E-state index is -0.835. The van der Waals surface area contributed by atoms with Crippen molar-refractivity contribution in [2.75, 3.05) is 26.2 Å². The SMILES string of the molecule is CCCCCCCCCCCCCCCCCCN(CCCCCCCCCCCCCCCCCC)C(=O)C1CNCC1C(=O)O. The van der Waals surface area contributed by atoms with Gasteiger partial charge >= 0.3 is 5.97 Å². The summed E-state index contributed by atoms with van der Waals surface area (Å²) < 4.78 is 0. The van der Waals surface area contributed by atoms with Gasteiger partial charge in [0.15, 0.2) is 0 Å². The molecule has 1 rings (SSSR count). The third-order valence-corrected chi connectivity index (χ3v) is 10.7.